The zero-order valence-electron chi connectivity index (χ0n) is 15.9. The summed E-state index contributed by atoms with van der Waals surface area (Å²) >= 11 is 0. The fourth-order valence-corrected chi connectivity index (χ4v) is 3.64. The molecule has 2 atom stereocenters. The third-order valence-corrected chi connectivity index (χ3v) is 5.20. The van der Waals surface area contributed by atoms with E-state index in [1.54, 1.807) is 13.0 Å². The highest BCUT2D eigenvalue weighted by Gasteiger charge is 2.30. The van der Waals surface area contributed by atoms with Gasteiger partial charge in [0, 0.05) is 18.2 Å². The Hall–Kier alpha value is -3.00. The van der Waals surface area contributed by atoms with Gasteiger partial charge in [-0.25, -0.2) is 14.8 Å². The van der Waals surface area contributed by atoms with Crippen LogP contribution in [-0.2, 0) is 0 Å². The highest BCUT2D eigenvalue weighted by Crippen LogP contribution is 2.29. The fourth-order valence-electron chi connectivity index (χ4n) is 3.64. The molecule has 3 aromatic rings. The van der Waals surface area contributed by atoms with E-state index < -0.39 is 5.95 Å². The minimum Gasteiger partial charge on any atom is -0.341 e. The number of aryl methyl sites for hydroxylation is 1. The molecule has 3 N–H and O–H groups in total. The summed E-state index contributed by atoms with van der Waals surface area (Å²) in [5.74, 6) is 0.379. The van der Waals surface area contributed by atoms with Crippen molar-refractivity contribution in [3.05, 3.63) is 53.9 Å². The molecule has 2 unspecified atom stereocenters. The van der Waals surface area contributed by atoms with Crippen LogP contribution in [0.15, 0.2) is 36.5 Å². The zero-order valence-corrected chi connectivity index (χ0v) is 15.9. The van der Waals surface area contributed by atoms with Gasteiger partial charge in [-0.15, -0.1) is 0 Å². The number of likely N-dealkylation sites (tertiary alicyclic amines) is 1. The van der Waals surface area contributed by atoms with Gasteiger partial charge in [-0.05, 0) is 45.0 Å². The van der Waals surface area contributed by atoms with Crippen LogP contribution in [0.1, 0.15) is 30.3 Å². The van der Waals surface area contributed by atoms with Crippen molar-refractivity contribution in [3.63, 3.8) is 0 Å². The lowest BCUT2D eigenvalue weighted by Gasteiger charge is -2.36. The number of nitrogens with one attached hydrogen (secondary N) is 3. The molecule has 8 heteroatoms. The molecule has 1 aliphatic heterocycles. The summed E-state index contributed by atoms with van der Waals surface area (Å²) in [6.07, 6.45) is 2.92. The third kappa shape index (κ3) is 3.82. The number of imidazole rings is 1. The van der Waals surface area contributed by atoms with E-state index in [4.69, 9.17) is 4.98 Å². The van der Waals surface area contributed by atoms with E-state index in [-0.39, 0.29) is 18.1 Å². The quantitative estimate of drug-likeness (QED) is 0.606. The molecule has 1 fully saturated rings. The highest BCUT2D eigenvalue weighted by atomic mass is 19.1. The van der Waals surface area contributed by atoms with Crippen molar-refractivity contribution < 1.29 is 9.18 Å². The van der Waals surface area contributed by atoms with E-state index >= 15 is 0 Å². The Morgan fingerprint density at radius 2 is 2.18 bits per heavy atom. The number of anilines is 1. The van der Waals surface area contributed by atoms with Crippen LogP contribution in [0.3, 0.4) is 0 Å². The first kappa shape index (κ1) is 18.4. The Morgan fingerprint density at radius 1 is 1.36 bits per heavy atom. The molecule has 0 saturated carbocycles. The van der Waals surface area contributed by atoms with Crippen molar-refractivity contribution in [1.29, 1.82) is 0 Å². The van der Waals surface area contributed by atoms with Crippen LogP contribution in [0.4, 0.5) is 14.9 Å². The molecule has 2 aromatic heterocycles. The molecule has 7 nitrogen and oxygen atoms in total. The number of piperidine rings is 1. The van der Waals surface area contributed by atoms with Crippen LogP contribution in [0.5, 0.6) is 0 Å². The average molecular weight is 382 g/mol. The summed E-state index contributed by atoms with van der Waals surface area (Å²) < 4.78 is 13.3. The number of pyridine rings is 1. The molecule has 1 saturated heterocycles. The molecule has 2 amide bonds. The number of amides is 2. The smallest absolute Gasteiger partial charge is 0.319 e. The van der Waals surface area contributed by atoms with E-state index in [1.807, 2.05) is 24.3 Å². The SMILES string of the molecule is Cc1cc(NC(=O)NC2CCN(C)C(c3nc4ccccc4[nH]3)C2)cnc1F. The number of hydrogen-bond acceptors (Lipinski definition) is 4. The highest BCUT2D eigenvalue weighted by molar-refractivity contribution is 5.89. The molecule has 3 heterocycles. The molecule has 0 spiro atoms. The lowest BCUT2D eigenvalue weighted by atomic mass is 9.97. The maximum Gasteiger partial charge on any atom is 0.319 e. The Labute approximate surface area is 162 Å². The maximum absolute atomic E-state index is 13.3. The fraction of sp³-hybridized carbons (Fsp3) is 0.350. The van der Waals surface area contributed by atoms with Crippen molar-refractivity contribution in [2.24, 2.45) is 0 Å². The van der Waals surface area contributed by atoms with Gasteiger partial charge in [0.05, 0.1) is 29.0 Å². The van der Waals surface area contributed by atoms with E-state index in [2.05, 4.69) is 32.5 Å². The second-order valence-corrected chi connectivity index (χ2v) is 7.29. The summed E-state index contributed by atoms with van der Waals surface area (Å²) in [4.78, 5) is 26.4. The van der Waals surface area contributed by atoms with Gasteiger partial charge in [0.25, 0.3) is 0 Å². The lowest BCUT2D eigenvalue weighted by molar-refractivity contribution is 0.153. The first-order chi connectivity index (χ1) is 13.5. The number of para-hydroxylation sites is 2. The summed E-state index contributed by atoms with van der Waals surface area (Å²) in [5, 5.41) is 5.74. The molecule has 0 aliphatic carbocycles. The van der Waals surface area contributed by atoms with Gasteiger partial charge >= 0.3 is 6.03 Å². The molecule has 146 valence electrons. The van der Waals surface area contributed by atoms with Crippen molar-refractivity contribution in [1.82, 2.24) is 25.2 Å². The normalized spacial score (nSPS) is 20.2. The van der Waals surface area contributed by atoms with Crippen LogP contribution in [0.2, 0.25) is 0 Å². The van der Waals surface area contributed by atoms with Gasteiger partial charge in [-0.3, -0.25) is 4.90 Å². The number of carbonyl (C=O) groups is 1. The standard InChI is InChI=1S/C20H23FN6O/c1-12-9-14(11-22-18(12)21)24-20(28)23-13-7-8-27(2)17(10-13)19-25-15-5-3-4-6-16(15)26-19/h3-6,9,11,13,17H,7-8,10H2,1-2H3,(H,25,26)(H2,23,24,28). The largest absolute Gasteiger partial charge is 0.341 e. The number of rotatable bonds is 3. The first-order valence-corrected chi connectivity index (χ1v) is 9.34. The predicted octanol–water partition coefficient (Wildman–Crippen LogP) is 3.36. The first-order valence-electron chi connectivity index (χ1n) is 9.34. The van der Waals surface area contributed by atoms with Crippen molar-refractivity contribution in [2.45, 2.75) is 31.8 Å². The topological polar surface area (TPSA) is 85.9 Å². The molecule has 0 radical (unpaired) electrons. The van der Waals surface area contributed by atoms with Crippen LogP contribution in [0, 0.1) is 12.9 Å². The predicted molar refractivity (Wildman–Crippen MR) is 106 cm³/mol. The van der Waals surface area contributed by atoms with Gasteiger partial charge in [-0.2, -0.15) is 4.39 Å². The number of benzene rings is 1. The van der Waals surface area contributed by atoms with Gasteiger partial charge in [-0.1, -0.05) is 12.1 Å². The molecule has 4 rings (SSSR count). The second kappa shape index (κ2) is 7.55. The number of urea groups is 1. The minimum absolute atomic E-state index is 0.0175. The van der Waals surface area contributed by atoms with Crippen molar-refractivity contribution >= 4 is 22.8 Å². The number of nitrogens with zero attached hydrogens (tertiary/aromatic N) is 3. The second-order valence-electron chi connectivity index (χ2n) is 7.29. The van der Waals surface area contributed by atoms with Gasteiger partial charge < -0.3 is 15.6 Å². The zero-order chi connectivity index (χ0) is 19.7. The van der Waals surface area contributed by atoms with Crippen LogP contribution < -0.4 is 10.6 Å². The van der Waals surface area contributed by atoms with Crippen molar-refractivity contribution in [2.75, 3.05) is 18.9 Å². The number of H-pyrrole nitrogens is 1. The number of halogens is 1. The summed E-state index contributed by atoms with van der Waals surface area (Å²) in [7, 11) is 2.07. The summed E-state index contributed by atoms with van der Waals surface area (Å²) in [6, 6.07) is 9.31. The van der Waals surface area contributed by atoms with Crippen LogP contribution >= 0.6 is 0 Å². The Kier molecular flexibility index (Phi) is 4.95. The van der Waals surface area contributed by atoms with E-state index in [9.17, 15) is 9.18 Å². The third-order valence-electron chi connectivity index (χ3n) is 5.20. The van der Waals surface area contributed by atoms with E-state index in [0.29, 0.717) is 11.3 Å². The molecular weight excluding hydrogens is 359 g/mol. The lowest BCUT2D eigenvalue weighted by Crippen LogP contribution is -2.46. The molecule has 28 heavy (non-hydrogen) atoms. The Balaban J connectivity index is 1.42. The van der Waals surface area contributed by atoms with Gasteiger partial charge in [0.1, 0.15) is 5.82 Å². The molecule has 0 bridgehead atoms. The number of aromatic amines is 1. The van der Waals surface area contributed by atoms with Gasteiger partial charge in [0.15, 0.2) is 0 Å². The van der Waals surface area contributed by atoms with Crippen molar-refractivity contribution in [3.8, 4) is 0 Å². The number of carbonyl (C=O) groups excluding carboxylic acids is 1. The molecule has 1 aliphatic rings. The number of fused-ring (bicyclic) bond motifs is 1. The minimum atomic E-state index is -0.532. The van der Waals surface area contributed by atoms with Crippen LogP contribution in [0.25, 0.3) is 11.0 Å². The molecular formula is C20H23FN6O. The Morgan fingerprint density at radius 3 is 2.96 bits per heavy atom. The number of hydrogen-bond donors (Lipinski definition) is 3. The van der Waals surface area contributed by atoms with Gasteiger partial charge in [0.2, 0.25) is 5.95 Å². The summed E-state index contributed by atoms with van der Waals surface area (Å²) in [6.45, 7) is 2.46. The number of aromatic nitrogens is 3. The maximum atomic E-state index is 13.3. The van der Waals surface area contributed by atoms with Crippen LogP contribution in [-0.4, -0.2) is 45.5 Å². The monoisotopic (exact) mass is 382 g/mol. The van der Waals surface area contributed by atoms with E-state index in [0.717, 1.165) is 36.2 Å². The summed E-state index contributed by atoms with van der Waals surface area (Å²) in [5.41, 5.74) is 2.82. The van der Waals surface area contributed by atoms with E-state index in [1.165, 1.54) is 6.20 Å². The Bertz CT molecular complexity index is 970. The molecule has 1 aromatic carbocycles. The average Bonchev–Trinajstić information content (AvgIpc) is 3.10.